The molecule has 0 saturated heterocycles. The molecule has 142 valence electrons. The van der Waals surface area contributed by atoms with Gasteiger partial charge in [0.05, 0.1) is 23.9 Å². The van der Waals surface area contributed by atoms with E-state index >= 15 is 0 Å². The highest BCUT2D eigenvalue weighted by atomic mass is 16.5. The van der Waals surface area contributed by atoms with Gasteiger partial charge in [-0.3, -0.25) is 5.10 Å². The minimum Gasteiger partial charge on any atom is -0.486 e. The van der Waals surface area contributed by atoms with E-state index in [1.165, 1.54) is 11.1 Å². The highest BCUT2D eigenvalue weighted by Crippen LogP contribution is 2.37. The van der Waals surface area contributed by atoms with E-state index in [-0.39, 0.29) is 16.9 Å². The summed E-state index contributed by atoms with van der Waals surface area (Å²) in [6, 6.07) is 13.1. The largest absolute Gasteiger partial charge is 0.486 e. The van der Waals surface area contributed by atoms with Crippen molar-refractivity contribution < 1.29 is 4.74 Å². The fourth-order valence-electron chi connectivity index (χ4n) is 3.84. The fourth-order valence-corrected chi connectivity index (χ4v) is 3.84. The summed E-state index contributed by atoms with van der Waals surface area (Å²) in [6.45, 7) is 12.1. The Balaban J connectivity index is 1.51. The molecule has 1 aliphatic rings. The van der Waals surface area contributed by atoms with Crippen molar-refractivity contribution >= 4 is 16.6 Å². The lowest BCUT2D eigenvalue weighted by Gasteiger charge is -2.34. The molecule has 2 N–H and O–H groups in total. The number of hydrogen-bond acceptors (Lipinski definition) is 3. The lowest BCUT2D eigenvalue weighted by atomic mass is 9.79. The van der Waals surface area contributed by atoms with Gasteiger partial charge in [0, 0.05) is 5.39 Å². The smallest absolute Gasteiger partial charge is 0.142 e. The summed E-state index contributed by atoms with van der Waals surface area (Å²) in [5.74, 6) is 0.957. The normalized spacial score (nSPS) is 17.3. The minimum atomic E-state index is 0.00843. The molecule has 1 aromatic heterocycles. The molecule has 1 unspecified atom stereocenters. The van der Waals surface area contributed by atoms with Crippen LogP contribution in [0.25, 0.3) is 10.9 Å². The number of fused-ring (bicyclic) bond motifs is 2. The number of nitrogens with one attached hydrogen (secondary N) is 2. The molecule has 4 rings (SSSR count). The quantitative estimate of drug-likeness (QED) is 0.655. The standard InChI is InChI=1S/C23H29N3O/c1-22(2,3)16-8-9-21-20(10-16)24-14-18(27-21)12-23(4,5)17-7-6-15-13-25-26-19(15)11-17/h6-11,13,18,24H,12,14H2,1-5H3,(H,25,26). The van der Waals surface area contributed by atoms with Gasteiger partial charge in [-0.15, -0.1) is 0 Å². The van der Waals surface area contributed by atoms with Crippen LogP contribution in [0.1, 0.15) is 52.2 Å². The molecule has 4 heteroatoms. The third-order valence-electron chi connectivity index (χ3n) is 5.62. The van der Waals surface area contributed by atoms with Crippen LogP contribution in [-0.4, -0.2) is 22.8 Å². The van der Waals surface area contributed by atoms with Crippen molar-refractivity contribution in [2.75, 3.05) is 11.9 Å². The summed E-state index contributed by atoms with van der Waals surface area (Å²) in [5, 5.41) is 11.9. The van der Waals surface area contributed by atoms with Crippen molar-refractivity contribution in [1.82, 2.24) is 10.2 Å². The Morgan fingerprint density at radius 1 is 1.04 bits per heavy atom. The highest BCUT2D eigenvalue weighted by molar-refractivity contribution is 5.78. The van der Waals surface area contributed by atoms with Gasteiger partial charge in [0.2, 0.25) is 0 Å². The van der Waals surface area contributed by atoms with Gasteiger partial charge in [-0.2, -0.15) is 5.10 Å². The zero-order chi connectivity index (χ0) is 19.2. The molecular weight excluding hydrogens is 334 g/mol. The Morgan fingerprint density at radius 3 is 2.59 bits per heavy atom. The van der Waals surface area contributed by atoms with Crippen LogP contribution in [0.3, 0.4) is 0 Å². The van der Waals surface area contributed by atoms with Gasteiger partial charge in [-0.05, 0) is 46.6 Å². The first kappa shape index (κ1) is 17.9. The molecule has 0 amide bonds. The summed E-state index contributed by atoms with van der Waals surface area (Å²) in [6.07, 6.45) is 2.95. The number of benzene rings is 2. The zero-order valence-electron chi connectivity index (χ0n) is 16.9. The van der Waals surface area contributed by atoms with E-state index in [1.807, 2.05) is 6.20 Å². The predicted octanol–water partition coefficient (Wildman–Crippen LogP) is 5.40. The number of H-pyrrole nitrogens is 1. The van der Waals surface area contributed by atoms with E-state index < -0.39 is 0 Å². The molecule has 0 spiro atoms. The van der Waals surface area contributed by atoms with E-state index in [1.54, 1.807) is 0 Å². The Labute approximate surface area is 161 Å². The SMILES string of the molecule is CC(C)(C)c1ccc2c(c1)NCC(CC(C)(C)c1ccc3cn[nH]c3c1)O2. The molecule has 3 aromatic rings. The maximum Gasteiger partial charge on any atom is 0.142 e. The lowest BCUT2D eigenvalue weighted by Crippen LogP contribution is -2.36. The van der Waals surface area contributed by atoms with Crippen molar-refractivity contribution in [3.8, 4) is 5.75 Å². The lowest BCUT2D eigenvalue weighted by molar-refractivity contribution is 0.167. The number of ether oxygens (including phenoxy) is 1. The first-order chi connectivity index (χ1) is 12.7. The number of hydrogen-bond donors (Lipinski definition) is 2. The van der Waals surface area contributed by atoms with Crippen molar-refractivity contribution in [3.05, 3.63) is 53.7 Å². The van der Waals surface area contributed by atoms with Gasteiger partial charge >= 0.3 is 0 Å². The van der Waals surface area contributed by atoms with Crippen molar-refractivity contribution in [1.29, 1.82) is 0 Å². The first-order valence-corrected chi connectivity index (χ1v) is 9.71. The van der Waals surface area contributed by atoms with Gasteiger partial charge < -0.3 is 10.1 Å². The Morgan fingerprint density at radius 2 is 1.81 bits per heavy atom. The van der Waals surface area contributed by atoms with E-state index in [2.05, 4.69) is 86.5 Å². The topological polar surface area (TPSA) is 49.9 Å². The summed E-state index contributed by atoms with van der Waals surface area (Å²) in [7, 11) is 0. The summed E-state index contributed by atoms with van der Waals surface area (Å²) in [5.41, 5.74) is 4.97. The van der Waals surface area contributed by atoms with Crippen LogP contribution in [0.5, 0.6) is 5.75 Å². The zero-order valence-corrected chi connectivity index (χ0v) is 16.9. The highest BCUT2D eigenvalue weighted by Gasteiger charge is 2.30. The molecule has 1 aliphatic heterocycles. The maximum atomic E-state index is 6.35. The van der Waals surface area contributed by atoms with Crippen LogP contribution >= 0.6 is 0 Å². The molecule has 0 aliphatic carbocycles. The second-order valence-corrected chi connectivity index (χ2v) is 9.34. The third kappa shape index (κ3) is 3.53. The number of anilines is 1. The molecule has 0 bridgehead atoms. The monoisotopic (exact) mass is 363 g/mol. The van der Waals surface area contributed by atoms with Crippen LogP contribution < -0.4 is 10.1 Å². The molecule has 0 saturated carbocycles. The van der Waals surface area contributed by atoms with E-state index in [0.29, 0.717) is 0 Å². The van der Waals surface area contributed by atoms with Gasteiger partial charge in [-0.1, -0.05) is 52.8 Å². The molecule has 1 atom stereocenters. The summed E-state index contributed by atoms with van der Waals surface area (Å²) < 4.78 is 6.35. The molecule has 0 fully saturated rings. The van der Waals surface area contributed by atoms with E-state index in [0.717, 1.165) is 35.3 Å². The molecular formula is C23H29N3O. The summed E-state index contributed by atoms with van der Waals surface area (Å²) >= 11 is 0. The predicted molar refractivity (Wildman–Crippen MR) is 112 cm³/mol. The molecule has 27 heavy (non-hydrogen) atoms. The molecule has 0 radical (unpaired) electrons. The average molecular weight is 364 g/mol. The van der Waals surface area contributed by atoms with Gasteiger partial charge in [0.25, 0.3) is 0 Å². The van der Waals surface area contributed by atoms with Gasteiger partial charge in [-0.25, -0.2) is 0 Å². The number of rotatable bonds is 3. The van der Waals surface area contributed by atoms with E-state index in [9.17, 15) is 0 Å². The Kier molecular flexibility index (Phi) is 4.17. The number of aromatic amines is 1. The second kappa shape index (κ2) is 6.29. The number of nitrogens with zero attached hydrogens (tertiary/aromatic N) is 1. The van der Waals surface area contributed by atoms with Crippen LogP contribution in [0.4, 0.5) is 5.69 Å². The van der Waals surface area contributed by atoms with Crippen LogP contribution in [0, 0.1) is 0 Å². The maximum absolute atomic E-state index is 6.35. The first-order valence-electron chi connectivity index (χ1n) is 9.71. The second-order valence-electron chi connectivity index (χ2n) is 9.34. The molecule has 2 aromatic carbocycles. The van der Waals surface area contributed by atoms with Crippen LogP contribution in [0.15, 0.2) is 42.6 Å². The van der Waals surface area contributed by atoms with Gasteiger partial charge in [0.15, 0.2) is 0 Å². The average Bonchev–Trinajstić information content (AvgIpc) is 3.08. The van der Waals surface area contributed by atoms with Crippen molar-refractivity contribution in [2.24, 2.45) is 0 Å². The van der Waals surface area contributed by atoms with Crippen molar-refractivity contribution in [3.63, 3.8) is 0 Å². The molecule has 4 nitrogen and oxygen atoms in total. The minimum absolute atomic E-state index is 0.00843. The van der Waals surface area contributed by atoms with E-state index in [4.69, 9.17) is 4.74 Å². The Bertz CT molecular complexity index is 965. The van der Waals surface area contributed by atoms with Gasteiger partial charge in [0.1, 0.15) is 11.9 Å². The Hall–Kier alpha value is -2.49. The van der Waals surface area contributed by atoms with Crippen molar-refractivity contribution in [2.45, 2.75) is 58.0 Å². The number of aromatic nitrogens is 2. The third-order valence-corrected chi connectivity index (χ3v) is 5.62. The van der Waals surface area contributed by atoms with Crippen LogP contribution in [0.2, 0.25) is 0 Å². The summed E-state index contributed by atoms with van der Waals surface area (Å²) in [4.78, 5) is 0. The van der Waals surface area contributed by atoms with Crippen LogP contribution in [-0.2, 0) is 10.8 Å². The fraction of sp³-hybridized carbons (Fsp3) is 0.435. The molecule has 2 heterocycles.